The maximum absolute atomic E-state index is 12.1. The number of methoxy groups -OCH3 is 1. The average Bonchev–Trinajstić information content (AvgIpc) is 2.56. The summed E-state index contributed by atoms with van der Waals surface area (Å²) in [5.74, 6) is -0.269. The van der Waals surface area contributed by atoms with Crippen molar-refractivity contribution >= 4 is 17.6 Å². The molecule has 0 saturated carbocycles. The number of hydrogen-bond donors (Lipinski definition) is 1. The number of hydrogen-bond acceptors (Lipinski definition) is 4. The molecule has 2 atom stereocenters. The molecule has 0 spiro atoms. The minimum atomic E-state index is -0.844. The quantitative estimate of drug-likeness (QED) is 0.671. The van der Waals surface area contributed by atoms with Gasteiger partial charge < -0.3 is 14.8 Å². The largest absolute Gasteiger partial charge is 0.495 e. The first-order valence-corrected chi connectivity index (χ1v) is 7.41. The van der Waals surface area contributed by atoms with Gasteiger partial charge in [-0.05, 0) is 38.3 Å². The summed E-state index contributed by atoms with van der Waals surface area (Å²) in [5, 5.41) is 2.71. The lowest BCUT2D eigenvalue weighted by molar-refractivity contribution is -0.157. The van der Waals surface area contributed by atoms with Crippen LogP contribution < -0.4 is 10.1 Å². The summed E-state index contributed by atoms with van der Waals surface area (Å²) < 4.78 is 10.4. The summed E-state index contributed by atoms with van der Waals surface area (Å²) in [6.07, 6.45) is 5.52. The standard InChI is InChI=1S/C17H21NO4/c1-12(22-17(20)13-8-4-3-5-9-13)16(19)18-14-10-6-7-11-15(14)21-2/h3-4,6-7,10-13H,5,8-9H2,1-2H3,(H,18,19)/t12-,13-/m1/s1. The lowest BCUT2D eigenvalue weighted by Crippen LogP contribution is -2.32. The molecule has 1 N–H and O–H groups in total. The third kappa shape index (κ3) is 4.10. The Morgan fingerprint density at radius 3 is 2.73 bits per heavy atom. The molecule has 0 aliphatic heterocycles. The molecule has 0 unspecified atom stereocenters. The van der Waals surface area contributed by atoms with E-state index in [9.17, 15) is 9.59 Å². The number of carbonyl (C=O) groups is 2. The topological polar surface area (TPSA) is 64.6 Å². The Labute approximate surface area is 130 Å². The molecule has 0 heterocycles. The molecule has 1 aliphatic carbocycles. The van der Waals surface area contributed by atoms with Crippen molar-refractivity contribution in [1.29, 1.82) is 0 Å². The fraction of sp³-hybridized carbons (Fsp3) is 0.412. The van der Waals surface area contributed by atoms with Crippen LogP contribution >= 0.6 is 0 Å². The van der Waals surface area contributed by atoms with E-state index in [1.165, 1.54) is 7.11 Å². The van der Waals surface area contributed by atoms with E-state index in [0.29, 0.717) is 17.9 Å². The molecule has 5 heteroatoms. The molecule has 1 aliphatic rings. The Bertz CT molecular complexity index is 568. The molecule has 1 aromatic rings. The lowest BCUT2D eigenvalue weighted by Gasteiger charge is -2.20. The zero-order chi connectivity index (χ0) is 15.9. The summed E-state index contributed by atoms with van der Waals surface area (Å²) in [6.45, 7) is 1.57. The summed E-state index contributed by atoms with van der Waals surface area (Å²) in [6, 6.07) is 7.09. The molecule has 1 amide bonds. The van der Waals surface area contributed by atoms with Gasteiger partial charge in [-0.1, -0.05) is 24.3 Å². The van der Waals surface area contributed by atoms with Gasteiger partial charge in [0.2, 0.25) is 0 Å². The van der Waals surface area contributed by atoms with E-state index in [1.807, 2.05) is 12.1 Å². The molecule has 1 aromatic carbocycles. The van der Waals surface area contributed by atoms with E-state index in [0.717, 1.165) is 12.8 Å². The van der Waals surface area contributed by atoms with Gasteiger partial charge in [0.25, 0.3) is 5.91 Å². The third-order valence-corrected chi connectivity index (χ3v) is 3.63. The van der Waals surface area contributed by atoms with Crippen molar-refractivity contribution in [1.82, 2.24) is 0 Å². The number of carbonyl (C=O) groups excluding carboxylic acids is 2. The normalized spacial score (nSPS) is 18.4. The predicted molar refractivity (Wildman–Crippen MR) is 83.7 cm³/mol. The first-order chi connectivity index (χ1) is 10.6. The highest BCUT2D eigenvalue weighted by Crippen LogP contribution is 2.24. The van der Waals surface area contributed by atoms with Gasteiger partial charge in [-0.3, -0.25) is 9.59 Å². The maximum Gasteiger partial charge on any atom is 0.310 e. The molecular formula is C17H21NO4. The van der Waals surface area contributed by atoms with E-state index < -0.39 is 6.10 Å². The van der Waals surface area contributed by atoms with Gasteiger partial charge in [0.15, 0.2) is 6.10 Å². The van der Waals surface area contributed by atoms with Crippen LogP contribution in [-0.4, -0.2) is 25.1 Å². The van der Waals surface area contributed by atoms with E-state index in [4.69, 9.17) is 9.47 Å². The molecule has 2 rings (SSSR count). The van der Waals surface area contributed by atoms with Crippen LogP contribution in [0.25, 0.3) is 0 Å². The number of allylic oxidation sites excluding steroid dienone is 2. The number of benzene rings is 1. The predicted octanol–water partition coefficient (Wildman–Crippen LogP) is 2.92. The van der Waals surface area contributed by atoms with Gasteiger partial charge in [0.05, 0.1) is 18.7 Å². The minimum absolute atomic E-state index is 0.147. The maximum atomic E-state index is 12.1. The van der Waals surface area contributed by atoms with Crippen molar-refractivity contribution in [3.8, 4) is 5.75 Å². The minimum Gasteiger partial charge on any atom is -0.495 e. The summed E-state index contributed by atoms with van der Waals surface area (Å²) in [7, 11) is 1.53. The van der Waals surface area contributed by atoms with Crippen molar-refractivity contribution in [2.24, 2.45) is 5.92 Å². The lowest BCUT2D eigenvalue weighted by atomic mass is 9.95. The van der Waals surface area contributed by atoms with Crippen molar-refractivity contribution in [2.75, 3.05) is 12.4 Å². The molecule has 118 valence electrons. The van der Waals surface area contributed by atoms with Crippen LogP contribution in [0, 0.1) is 5.92 Å². The molecule has 0 radical (unpaired) electrons. The average molecular weight is 303 g/mol. The van der Waals surface area contributed by atoms with Gasteiger partial charge in [0.1, 0.15) is 5.75 Å². The van der Waals surface area contributed by atoms with E-state index in [2.05, 4.69) is 11.4 Å². The second-order valence-corrected chi connectivity index (χ2v) is 5.25. The van der Waals surface area contributed by atoms with Gasteiger partial charge in [-0.25, -0.2) is 0 Å². The van der Waals surface area contributed by atoms with E-state index >= 15 is 0 Å². The number of anilines is 1. The van der Waals surface area contributed by atoms with Crippen molar-refractivity contribution in [3.05, 3.63) is 36.4 Å². The highest BCUT2D eigenvalue weighted by Gasteiger charge is 2.25. The van der Waals surface area contributed by atoms with Crippen molar-refractivity contribution in [3.63, 3.8) is 0 Å². The Balaban J connectivity index is 1.91. The number of amides is 1. The number of esters is 1. The van der Waals surface area contributed by atoms with Crippen LogP contribution in [0.2, 0.25) is 0 Å². The SMILES string of the molecule is COc1ccccc1NC(=O)[C@@H](C)OC(=O)[C@@H]1CC=CCC1. The number of ether oxygens (including phenoxy) is 2. The fourth-order valence-electron chi connectivity index (χ4n) is 2.31. The van der Waals surface area contributed by atoms with Crippen LogP contribution in [0.5, 0.6) is 5.75 Å². The fourth-order valence-corrected chi connectivity index (χ4v) is 2.31. The molecule has 0 fully saturated rings. The second kappa shape index (κ2) is 7.64. The molecule has 0 saturated heterocycles. The van der Waals surface area contributed by atoms with Gasteiger partial charge >= 0.3 is 5.97 Å². The van der Waals surface area contributed by atoms with Crippen molar-refractivity contribution < 1.29 is 19.1 Å². The summed E-state index contributed by atoms with van der Waals surface area (Å²) in [5.41, 5.74) is 0.554. The van der Waals surface area contributed by atoms with Gasteiger partial charge in [-0.2, -0.15) is 0 Å². The monoisotopic (exact) mass is 303 g/mol. The van der Waals surface area contributed by atoms with Crippen LogP contribution in [-0.2, 0) is 14.3 Å². The van der Waals surface area contributed by atoms with Crippen LogP contribution in [0.3, 0.4) is 0 Å². The molecule has 22 heavy (non-hydrogen) atoms. The van der Waals surface area contributed by atoms with Crippen LogP contribution in [0.1, 0.15) is 26.2 Å². The van der Waals surface area contributed by atoms with Crippen LogP contribution in [0.15, 0.2) is 36.4 Å². The van der Waals surface area contributed by atoms with Crippen LogP contribution in [0.4, 0.5) is 5.69 Å². The van der Waals surface area contributed by atoms with Gasteiger partial charge in [0, 0.05) is 0 Å². The van der Waals surface area contributed by atoms with Crippen molar-refractivity contribution in [2.45, 2.75) is 32.3 Å². The first kappa shape index (κ1) is 16.1. The summed E-state index contributed by atoms with van der Waals surface area (Å²) >= 11 is 0. The molecular weight excluding hydrogens is 282 g/mol. The third-order valence-electron chi connectivity index (χ3n) is 3.63. The Morgan fingerprint density at radius 1 is 1.27 bits per heavy atom. The molecule has 5 nitrogen and oxygen atoms in total. The Hall–Kier alpha value is -2.30. The summed E-state index contributed by atoms with van der Waals surface area (Å²) in [4.78, 5) is 24.2. The highest BCUT2D eigenvalue weighted by atomic mass is 16.5. The first-order valence-electron chi connectivity index (χ1n) is 7.41. The second-order valence-electron chi connectivity index (χ2n) is 5.25. The number of nitrogens with one attached hydrogen (secondary N) is 1. The zero-order valence-corrected chi connectivity index (χ0v) is 12.9. The number of para-hydroxylation sites is 2. The Morgan fingerprint density at radius 2 is 2.05 bits per heavy atom. The zero-order valence-electron chi connectivity index (χ0n) is 12.9. The Kier molecular flexibility index (Phi) is 5.58. The molecule has 0 aromatic heterocycles. The van der Waals surface area contributed by atoms with E-state index in [1.54, 1.807) is 25.1 Å². The van der Waals surface area contributed by atoms with Gasteiger partial charge in [-0.15, -0.1) is 0 Å². The molecule has 0 bridgehead atoms. The highest BCUT2D eigenvalue weighted by molar-refractivity contribution is 5.96. The smallest absolute Gasteiger partial charge is 0.310 e. The van der Waals surface area contributed by atoms with E-state index in [-0.39, 0.29) is 17.8 Å². The number of rotatable bonds is 5.